The van der Waals surface area contributed by atoms with Crippen LogP contribution in [0.3, 0.4) is 0 Å². The van der Waals surface area contributed by atoms with Crippen molar-refractivity contribution in [2.24, 2.45) is 7.05 Å². The van der Waals surface area contributed by atoms with Crippen molar-refractivity contribution in [1.29, 1.82) is 0 Å². The van der Waals surface area contributed by atoms with E-state index in [0.717, 1.165) is 11.1 Å². The molecule has 3 N–H and O–H groups in total. The number of nitrogens with one attached hydrogen (secondary N) is 1. The molecule has 132 valence electrons. The number of aromatic nitrogens is 4. The van der Waals surface area contributed by atoms with Crippen molar-refractivity contribution in [2.45, 2.75) is 19.4 Å². The highest BCUT2D eigenvalue weighted by Crippen LogP contribution is 2.33. The lowest BCUT2D eigenvalue weighted by atomic mass is 9.89. The average Bonchev–Trinajstić information content (AvgIpc) is 3.00. The number of aryl methyl sites for hydroxylation is 2. The molecule has 0 spiro atoms. The van der Waals surface area contributed by atoms with Gasteiger partial charge >= 0.3 is 0 Å². The van der Waals surface area contributed by atoms with Crippen LogP contribution in [-0.4, -0.2) is 25.7 Å². The number of carbonyl (C=O) groups is 1. The molecule has 1 amide bonds. The molecule has 1 atom stereocenters. The van der Waals surface area contributed by atoms with Crippen LogP contribution >= 0.6 is 0 Å². The predicted octanol–water partition coefficient (Wildman–Crippen LogP) is 1.93. The smallest absolute Gasteiger partial charge is 0.255 e. The second kappa shape index (κ2) is 5.91. The molecule has 0 radical (unpaired) electrons. The van der Waals surface area contributed by atoms with E-state index in [0.29, 0.717) is 28.9 Å². The zero-order valence-corrected chi connectivity index (χ0v) is 14.3. The van der Waals surface area contributed by atoms with Crippen molar-refractivity contribution in [1.82, 2.24) is 25.1 Å². The van der Waals surface area contributed by atoms with Gasteiger partial charge in [-0.3, -0.25) is 9.48 Å². The summed E-state index contributed by atoms with van der Waals surface area (Å²) in [4.78, 5) is 20.9. The van der Waals surface area contributed by atoms with Gasteiger partial charge < -0.3 is 11.1 Å². The Labute approximate surface area is 149 Å². The molecule has 0 aliphatic carbocycles. The maximum absolute atomic E-state index is 13.9. The summed E-state index contributed by atoms with van der Waals surface area (Å²) in [6.45, 7) is 1.73. The summed E-state index contributed by atoms with van der Waals surface area (Å²) in [5.74, 6) is -0.464. The van der Waals surface area contributed by atoms with Gasteiger partial charge in [-0.05, 0) is 30.2 Å². The third-order valence-corrected chi connectivity index (χ3v) is 4.52. The Morgan fingerprint density at radius 2 is 2.15 bits per heavy atom. The van der Waals surface area contributed by atoms with Gasteiger partial charge in [-0.15, -0.1) is 0 Å². The largest absolute Gasteiger partial charge is 0.368 e. The number of amides is 1. The number of nitrogens with two attached hydrogens (primary N) is 1. The Hall–Kier alpha value is -3.29. The minimum atomic E-state index is -0.349. The zero-order chi connectivity index (χ0) is 18.4. The number of halogens is 1. The monoisotopic (exact) mass is 352 g/mol. The molecule has 0 fully saturated rings. The molecule has 0 saturated heterocycles. The summed E-state index contributed by atoms with van der Waals surface area (Å²) in [7, 11) is 1.80. The van der Waals surface area contributed by atoms with Crippen molar-refractivity contribution in [3.8, 4) is 11.1 Å². The molecule has 26 heavy (non-hydrogen) atoms. The number of hydrogen-bond acceptors (Lipinski definition) is 5. The van der Waals surface area contributed by atoms with Gasteiger partial charge in [0.05, 0.1) is 29.2 Å². The molecule has 1 aliphatic heterocycles. The molecule has 2 aromatic heterocycles. The predicted molar refractivity (Wildman–Crippen MR) is 93.7 cm³/mol. The zero-order valence-electron chi connectivity index (χ0n) is 14.3. The molecular formula is C18H17FN6O. The number of anilines is 1. The van der Waals surface area contributed by atoms with Crippen LogP contribution in [0.2, 0.25) is 0 Å². The number of rotatable bonds is 2. The van der Waals surface area contributed by atoms with Gasteiger partial charge in [0.2, 0.25) is 5.95 Å². The van der Waals surface area contributed by atoms with Crippen LogP contribution < -0.4 is 11.1 Å². The van der Waals surface area contributed by atoms with E-state index in [-0.39, 0.29) is 23.7 Å². The highest BCUT2D eigenvalue weighted by molar-refractivity contribution is 5.98. The number of fused-ring (bicyclic) bond motifs is 1. The summed E-state index contributed by atoms with van der Waals surface area (Å²) in [6, 6.07) is 4.18. The van der Waals surface area contributed by atoms with Crippen LogP contribution in [-0.2, 0) is 13.5 Å². The van der Waals surface area contributed by atoms with E-state index in [1.54, 1.807) is 37.1 Å². The van der Waals surface area contributed by atoms with Gasteiger partial charge in [-0.1, -0.05) is 6.07 Å². The lowest BCUT2D eigenvalue weighted by molar-refractivity contribution is 0.0922. The van der Waals surface area contributed by atoms with E-state index >= 15 is 0 Å². The number of carbonyl (C=O) groups excluding carboxylic acids is 1. The quantitative estimate of drug-likeness (QED) is 0.734. The van der Waals surface area contributed by atoms with Gasteiger partial charge in [-0.25, -0.2) is 14.4 Å². The first-order valence-electron chi connectivity index (χ1n) is 8.14. The number of benzene rings is 1. The summed E-state index contributed by atoms with van der Waals surface area (Å²) in [6.07, 6.45) is 3.93. The van der Waals surface area contributed by atoms with E-state index in [1.165, 1.54) is 12.1 Å². The first kappa shape index (κ1) is 16.2. The molecule has 3 heterocycles. The van der Waals surface area contributed by atoms with Gasteiger partial charge in [0, 0.05) is 25.2 Å². The van der Waals surface area contributed by atoms with Crippen LogP contribution in [0.5, 0.6) is 0 Å². The van der Waals surface area contributed by atoms with Crippen LogP contribution in [0.4, 0.5) is 10.3 Å². The molecule has 8 heteroatoms. The molecule has 1 aliphatic rings. The minimum absolute atomic E-state index is 0.140. The standard InChI is InChI=1S/C18H17FN6O/c1-9-16-15(24-18(20)22-9)6-14(23-17(16)26)12-4-3-11(19)5-13(12)10-7-21-25(2)8-10/h3-5,7-8,14H,6H2,1-2H3,(H,23,26)(H2,20,22,24). The van der Waals surface area contributed by atoms with Crippen molar-refractivity contribution in [2.75, 3.05) is 5.73 Å². The molecule has 4 rings (SSSR count). The summed E-state index contributed by atoms with van der Waals surface area (Å²) in [5, 5.41) is 7.13. The molecule has 7 nitrogen and oxygen atoms in total. The second-order valence-electron chi connectivity index (χ2n) is 6.35. The Morgan fingerprint density at radius 1 is 1.35 bits per heavy atom. The number of nitrogen functional groups attached to an aromatic ring is 1. The lowest BCUT2D eigenvalue weighted by Gasteiger charge is -2.27. The minimum Gasteiger partial charge on any atom is -0.368 e. The maximum Gasteiger partial charge on any atom is 0.255 e. The highest BCUT2D eigenvalue weighted by Gasteiger charge is 2.30. The fraction of sp³-hybridized carbons (Fsp3) is 0.222. The number of nitrogens with zero attached hydrogens (tertiary/aromatic N) is 4. The van der Waals surface area contributed by atoms with Crippen molar-refractivity contribution < 1.29 is 9.18 Å². The Morgan fingerprint density at radius 3 is 2.88 bits per heavy atom. The fourth-order valence-corrected chi connectivity index (χ4v) is 3.40. The highest BCUT2D eigenvalue weighted by atomic mass is 19.1. The molecule has 0 saturated carbocycles. The normalized spacial score (nSPS) is 16.3. The molecule has 1 unspecified atom stereocenters. The van der Waals surface area contributed by atoms with Crippen molar-refractivity contribution in [3.05, 3.63) is 58.9 Å². The van der Waals surface area contributed by atoms with E-state index in [2.05, 4.69) is 20.4 Å². The molecule has 0 bridgehead atoms. The first-order chi connectivity index (χ1) is 12.4. The third-order valence-electron chi connectivity index (χ3n) is 4.52. The van der Waals surface area contributed by atoms with Crippen LogP contribution in [0.25, 0.3) is 11.1 Å². The van der Waals surface area contributed by atoms with E-state index in [9.17, 15) is 9.18 Å². The van der Waals surface area contributed by atoms with Gasteiger partial charge in [0.15, 0.2) is 0 Å². The SMILES string of the molecule is Cc1nc(N)nc2c1C(=O)NC(c1ccc(F)cc1-c1cnn(C)c1)C2. The molecule has 1 aromatic carbocycles. The Balaban J connectivity index is 1.81. The Bertz CT molecular complexity index is 1030. The second-order valence-corrected chi connectivity index (χ2v) is 6.35. The lowest BCUT2D eigenvalue weighted by Crippen LogP contribution is -2.37. The van der Waals surface area contributed by atoms with Gasteiger partial charge in [0.25, 0.3) is 5.91 Å². The molecular weight excluding hydrogens is 335 g/mol. The van der Waals surface area contributed by atoms with Crippen molar-refractivity contribution in [3.63, 3.8) is 0 Å². The van der Waals surface area contributed by atoms with Crippen LogP contribution in [0.15, 0.2) is 30.6 Å². The van der Waals surface area contributed by atoms with E-state index < -0.39 is 0 Å². The summed E-state index contributed by atoms with van der Waals surface area (Å²) in [5.41, 5.74) is 9.62. The topological polar surface area (TPSA) is 98.7 Å². The van der Waals surface area contributed by atoms with E-state index in [1.807, 2.05) is 0 Å². The Kier molecular flexibility index (Phi) is 3.68. The fourth-order valence-electron chi connectivity index (χ4n) is 3.40. The molecule has 3 aromatic rings. The van der Waals surface area contributed by atoms with Gasteiger partial charge in [0.1, 0.15) is 5.82 Å². The van der Waals surface area contributed by atoms with E-state index in [4.69, 9.17) is 5.73 Å². The van der Waals surface area contributed by atoms with Gasteiger partial charge in [-0.2, -0.15) is 5.10 Å². The third kappa shape index (κ3) is 2.69. The maximum atomic E-state index is 13.9. The van der Waals surface area contributed by atoms with Crippen LogP contribution in [0, 0.1) is 12.7 Å². The van der Waals surface area contributed by atoms with Crippen LogP contribution in [0.1, 0.15) is 33.4 Å². The average molecular weight is 352 g/mol. The first-order valence-corrected chi connectivity index (χ1v) is 8.14. The summed E-state index contributed by atoms with van der Waals surface area (Å²) < 4.78 is 15.5. The summed E-state index contributed by atoms with van der Waals surface area (Å²) >= 11 is 0. The number of hydrogen-bond donors (Lipinski definition) is 2. The van der Waals surface area contributed by atoms with Crippen molar-refractivity contribution >= 4 is 11.9 Å².